The third kappa shape index (κ3) is 3.49. The van der Waals surface area contributed by atoms with Gasteiger partial charge in [-0.05, 0) is 37.6 Å². The molecule has 1 unspecified atom stereocenters. The normalized spacial score (nSPS) is 16.2. The van der Waals surface area contributed by atoms with Crippen LogP contribution in [0, 0.1) is 12.8 Å². The average Bonchev–Trinajstić information content (AvgIpc) is 3.47. The number of likely N-dealkylation sites (tertiary alicyclic amines) is 1. The smallest absolute Gasteiger partial charge is 0.265 e. The maximum atomic E-state index is 13.0. The molecule has 3 heterocycles. The van der Waals surface area contributed by atoms with Crippen molar-refractivity contribution in [1.29, 1.82) is 0 Å². The number of aryl methyl sites for hydroxylation is 1. The molecule has 0 radical (unpaired) electrons. The molecule has 8 nitrogen and oxygen atoms in total. The van der Waals surface area contributed by atoms with Crippen molar-refractivity contribution in [3.05, 3.63) is 52.1 Å². The van der Waals surface area contributed by atoms with Gasteiger partial charge in [0.15, 0.2) is 5.78 Å². The van der Waals surface area contributed by atoms with Gasteiger partial charge < -0.3 is 15.4 Å². The number of nitrogens with zero attached hydrogens (tertiary/aromatic N) is 4. The Kier molecular flexibility index (Phi) is 5.06. The predicted molar refractivity (Wildman–Crippen MR) is 110 cm³/mol. The Morgan fingerprint density at radius 3 is 2.69 bits per heavy atom. The van der Waals surface area contributed by atoms with Gasteiger partial charge in [0, 0.05) is 19.0 Å². The summed E-state index contributed by atoms with van der Waals surface area (Å²) in [4.78, 5) is 32.2. The maximum absolute atomic E-state index is 13.0. The fourth-order valence-corrected chi connectivity index (χ4v) is 4.28. The van der Waals surface area contributed by atoms with Crippen molar-refractivity contribution in [1.82, 2.24) is 19.7 Å². The van der Waals surface area contributed by atoms with Gasteiger partial charge >= 0.3 is 0 Å². The van der Waals surface area contributed by atoms with Gasteiger partial charge in [-0.25, -0.2) is 9.67 Å². The van der Waals surface area contributed by atoms with Crippen molar-refractivity contribution in [2.24, 2.45) is 5.92 Å². The molecule has 9 heteroatoms. The number of anilines is 1. The molecule has 2 aromatic heterocycles. The third-order valence-electron chi connectivity index (χ3n) is 5.17. The summed E-state index contributed by atoms with van der Waals surface area (Å²) in [6.45, 7) is 2.73. The van der Waals surface area contributed by atoms with Crippen LogP contribution in [0.2, 0.25) is 0 Å². The lowest BCUT2D eigenvalue weighted by Gasteiger charge is -2.15. The van der Waals surface area contributed by atoms with Gasteiger partial charge in [-0.2, -0.15) is 5.10 Å². The van der Waals surface area contributed by atoms with E-state index in [0.29, 0.717) is 35.8 Å². The third-order valence-corrected chi connectivity index (χ3v) is 6.09. The van der Waals surface area contributed by atoms with Crippen LogP contribution in [0.15, 0.2) is 36.0 Å². The number of rotatable bonds is 5. The highest BCUT2D eigenvalue weighted by Gasteiger charge is 2.34. The fourth-order valence-electron chi connectivity index (χ4n) is 3.51. The van der Waals surface area contributed by atoms with E-state index in [4.69, 9.17) is 10.5 Å². The van der Waals surface area contributed by atoms with Crippen LogP contribution in [0.5, 0.6) is 5.75 Å². The largest absolute Gasteiger partial charge is 0.497 e. The summed E-state index contributed by atoms with van der Waals surface area (Å²) in [5.41, 5.74) is 9.74. The second kappa shape index (κ2) is 7.67. The average molecular weight is 411 g/mol. The van der Waals surface area contributed by atoms with E-state index in [0.717, 1.165) is 17.1 Å². The summed E-state index contributed by atoms with van der Waals surface area (Å²) in [7, 11) is 1.60. The number of nitrogen functional groups attached to an aromatic ring is 1. The monoisotopic (exact) mass is 411 g/mol. The quantitative estimate of drug-likeness (QED) is 0.647. The van der Waals surface area contributed by atoms with Crippen LogP contribution in [0.4, 0.5) is 5.82 Å². The molecule has 1 aromatic carbocycles. The molecule has 1 saturated heterocycles. The minimum absolute atomic E-state index is 0.0674. The standard InChI is InChI=1S/C20H21N5O3S/c1-12-18(29-11-22-12)20(27)24-8-7-13(10-24)17(26)16-9-23-25(19(16)21)14-3-5-15(28-2)6-4-14/h3-6,9,11,13H,7-8,10,21H2,1-2H3. The molecule has 4 rings (SSSR count). The second-order valence-corrected chi connectivity index (χ2v) is 7.78. The molecular weight excluding hydrogens is 390 g/mol. The Balaban J connectivity index is 1.50. The van der Waals surface area contributed by atoms with E-state index in [-0.39, 0.29) is 17.6 Å². The molecule has 1 amide bonds. The summed E-state index contributed by atoms with van der Waals surface area (Å²) in [6, 6.07) is 7.26. The number of ether oxygens (including phenoxy) is 1. The molecular formula is C20H21N5O3S. The number of hydrogen-bond acceptors (Lipinski definition) is 7. The summed E-state index contributed by atoms with van der Waals surface area (Å²) in [5, 5.41) is 4.28. The number of carbonyl (C=O) groups is 2. The number of carbonyl (C=O) groups excluding carboxylic acids is 2. The van der Waals surface area contributed by atoms with E-state index in [1.54, 1.807) is 29.7 Å². The lowest BCUT2D eigenvalue weighted by atomic mass is 9.98. The molecule has 0 saturated carbocycles. The Morgan fingerprint density at radius 1 is 1.28 bits per heavy atom. The molecule has 1 atom stereocenters. The van der Waals surface area contributed by atoms with Crippen molar-refractivity contribution >= 4 is 28.8 Å². The first kappa shape index (κ1) is 19.1. The molecule has 150 valence electrons. The number of methoxy groups -OCH3 is 1. The number of thiazole rings is 1. The minimum Gasteiger partial charge on any atom is -0.497 e. The van der Waals surface area contributed by atoms with E-state index < -0.39 is 0 Å². The fraction of sp³-hybridized carbons (Fsp3) is 0.300. The first-order valence-electron chi connectivity index (χ1n) is 9.21. The van der Waals surface area contributed by atoms with E-state index in [2.05, 4.69) is 10.1 Å². The zero-order valence-electron chi connectivity index (χ0n) is 16.2. The lowest BCUT2D eigenvalue weighted by Crippen LogP contribution is -2.30. The van der Waals surface area contributed by atoms with Crippen molar-refractivity contribution in [2.75, 3.05) is 25.9 Å². The van der Waals surface area contributed by atoms with E-state index >= 15 is 0 Å². The first-order chi connectivity index (χ1) is 14.0. The molecule has 0 aliphatic carbocycles. The zero-order chi connectivity index (χ0) is 20.5. The topological polar surface area (TPSA) is 103 Å². The SMILES string of the molecule is COc1ccc(-n2ncc(C(=O)C3CCN(C(=O)c4scnc4C)C3)c2N)cc1. The minimum atomic E-state index is -0.289. The predicted octanol–water partition coefficient (Wildman–Crippen LogP) is 2.57. The highest BCUT2D eigenvalue weighted by Crippen LogP contribution is 2.27. The van der Waals surface area contributed by atoms with Crippen LogP contribution in [-0.4, -0.2) is 51.6 Å². The van der Waals surface area contributed by atoms with Gasteiger partial charge in [0.05, 0.1) is 35.8 Å². The van der Waals surface area contributed by atoms with Crippen LogP contribution in [0.1, 0.15) is 32.1 Å². The Morgan fingerprint density at radius 2 is 2.03 bits per heavy atom. The van der Waals surface area contributed by atoms with Gasteiger partial charge in [0.1, 0.15) is 16.4 Å². The van der Waals surface area contributed by atoms with Crippen LogP contribution in [0.3, 0.4) is 0 Å². The van der Waals surface area contributed by atoms with Crippen molar-refractivity contribution in [3.63, 3.8) is 0 Å². The molecule has 1 fully saturated rings. The highest BCUT2D eigenvalue weighted by atomic mass is 32.1. The van der Waals surface area contributed by atoms with Crippen molar-refractivity contribution < 1.29 is 14.3 Å². The molecule has 0 bridgehead atoms. The Bertz CT molecular complexity index is 1060. The van der Waals surface area contributed by atoms with Gasteiger partial charge in [-0.1, -0.05) is 0 Å². The van der Waals surface area contributed by atoms with Gasteiger partial charge in [0.2, 0.25) is 0 Å². The molecule has 2 N–H and O–H groups in total. The molecule has 0 spiro atoms. The van der Waals surface area contributed by atoms with E-state index in [1.807, 2.05) is 19.1 Å². The number of hydrogen-bond donors (Lipinski definition) is 1. The highest BCUT2D eigenvalue weighted by molar-refractivity contribution is 7.11. The number of Topliss-reactive ketones (excluding diaryl/α,β-unsaturated/α-hetero) is 1. The van der Waals surface area contributed by atoms with Gasteiger partial charge in [-0.15, -0.1) is 11.3 Å². The molecule has 3 aromatic rings. The molecule has 29 heavy (non-hydrogen) atoms. The Hall–Kier alpha value is -3.20. The van der Waals surface area contributed by atoms with Crippen molar-refractivity contribution in [3.8, 4) is 11.4 Å². The van der Waals surface area contributed by atoms with E-state index in [1.165, 1.54) is 22.2 Å². The first-order valence-corrected chi connectivity index (χ1v) is 10.1. The van der Waals surface area contributed by atoms with Crippen LogP contribution in [-0.2, 0) is 0 Å². The summed E-state index contributed by atoms with van der Waals surface area (Å²) >= 11 is 1.33. The number of amides is 1. The number of nitrogens with two attached hydrogens (primary N) is 1. The molecule has 1 aliphatic heterocycles. The number of ketones is 1. The second-order valence-electron chi connectivity index (χ2n) is 6.92. The summed E-state index contributed by atoms with van der Waals surface area (Å²) in [6.07, 6.45) is 2.11. The zero-order valence-corrected chi connectivity index (χ0v) is 17.0. The number of aromatic nitrogens is 3. The van der Waals surface area contributed by atoms with Crippen LogP contribution >= 0.6 is 11.3 Å². The maximum Gasteiger partial charge on any atom is 0.265 e. The molecule has 1 aliphatic rings. The Labute approximate surface area is 171 Å². The van der Waals surface area contributed by atoms with Crippen LogP contribution in [0.25, 0.3) is 5.69 Å². The van der Waals surface area contributed by atoms with Crippen LogP contribution < -0.4 is 10.5 Å². The van der Waals surface area contributed by atoms with E-state index in [9.17, 15) is 9.59 Å². The van der Waals surface area contributed by atoms with Crippen molar-refractivity contribution in [2.45, 2.75) is 13.3 Å². The van der Waals surface area contributed by atoms with Gasteiger partial charge in [0.25, 0.3) is 5.91 Å². The summed E-state index contributed by atoms with van der Waals surface area (Å²) in [5.74, 6) is 0.578. The summed E-state index contributed by atoms with van der Waals surface area (Å²) < 4.78 is 6.69. The van der Waals surface area contributed by atoms with Gasteiger partial charge in [-0.3, -0.25) is 9.59 Å². The number of benzene rings is 1. The lowest BCUT2D eigenvalue weighted by molar-refractivity contribution is 0.0784.